The van der Waals surface area contributed by atoms with Crippen molar-refractivity contribution in [1.82, 2.24) is 15.0 Å². The third-order valence-corrected chi connectivity index (χ3v) is 3.14. The number of hydrogen-bond acceptors (Lipinski definition) is 2. The van der Waals surface area contributed by atoms with Crippen molar-refractivity contribution >= 4 is 6.08 Å². The number of aromatic nitrogens is 3. The van der Waals surface area contributed by atoms with Gasteiger partial charge >= 0.3 is 0 Å². The molecule has 1 aromatic carbocycles. The van der Waals surface area contributed by atoms with Crippen LogP contribution in [0.5, 0.6) is 0 Å². The van der Waals surface area contributed by atoms with Gasteiger partial charge in [0.2, 0.25) is 0 Å². The lowest BCUT2D eigenvalue weighted by Crippen LogP contribution is -1.98. The molecule has 0 radical (unpaired) electrons. The third-order valence-electron chi connectivity index (χ3n) is 3.14. The zero-order valence-electron chi connectivity index (χ0n) is 9.71. The Balaban J connectivity index is 1.91. The molecule has 1 fully saturated rings. The van der Waals surface area contributed by atoms with Gasteiger partial charge in [0, 0.05) is 0 Å². The summed E-state index contributed by atoms with van der Waals surface area (Å²) >= 11 is 0. The molecule has 17 heavy (non-hydrogen) atoms. The Morgan fingerprint density at radius 3 is 2.59 bits per heavy atom. The summed E-state index contributed by atoms with van der Waals surface area (Å²) in [7, 11) is 0. The van der Waals surface area contributed by atoms with E-state index in [9.17, 15) is 0 Å². The average Bonchev–Trinajstić information content (AvgIpc) is 3.01. The molecule has 0 saturated heterocycles. The predicted molar refractivity (Wildman–Crippen MR) is 67.8 cm³/mol. The number of allylic oxidation sites excluding steroid dienone is 1. The Hall–Kier alpha value is -1.90. The van der Waals surface area contributed by atoms with Crippen molar-refractivity contribution in [1.29, 1.82) is 0 Å². The molecule has 0 amide bonds. The molecular weight excluding hydrogens is 210 g/mol. The smallest absolute Gasteiger partial charge is 0.0862 e. The van der Waals surface area contributed by atoms with Crippen molar-refractivity contribution in [3.63, 3.8) is 0 Å². The fraction of sp³-hybridized carbons (Fsp3) is 0.286. The predicted octanol–water partition coefficient (Wildman–Crippen LogP) is 3.22. The summed E-state index contributed by atoms with van der Waals surface area (Å²) in [6.07, 6.45) is 10.9. The van der Waals surface area contributed by atoms with Gasteiger partial charge in [-0.3, -0.25) is 0 Å². The molecule has 3 nitrogen and oxygen atoms in total. The summed E-state index contributed by atoms with van der Waals surface area (Å²) < 4.78 is 0. The zero-order chi connectivity index (χ0) is 11.5. The summed E-state index contributed by atoms with van der Waals surface area (Å²) in [5.41, 5.74) is 3.83. The van der Waals surface area contributed by atoms with Gasteiger partial charge in [0.15, 0.2) is 0 Å². The van der Waals surface area contributed by atoms with Crippen molar-refractivity contribution < 1.29 is 0 Å². The fourth-order valence-corrected chi connectivity index (χ4v) is 2.30. The maximum atomic E-state index is 4.14. The van der Waals surface area contributed by atoms with E-state index in [0.717, 1.165) is 5.69 Å². The molecule has 3 rings (SSSR count). The van der Waals surface area contributed by atoms with Crippen LogP contribution >= 0.6 is 0 Å². The van der Waals surface area contributed by atoms with E-state index in [1.54, 1.807) is 22.8 Å². The molecule has 1 aliphatic rings. The highest BCUT2D eigenvalue weighted by Crippen LogP contribution is 2.26. The summed E-state index contributed by atoms with van der Waals surface area (Å²) in [6, 6.07) is 8.35. The highest BCUT2D eigenvalue weighted by Gasteiger charge is 2.06. The maximum absolute atomic E-state index is 4.14. The van der Waals surface area contributed by atoms with Crippen LogP contribution in [0.2, 0.25) is 0 Å². The van der Waals surface area contributed by atoms with E-state index in [4.69, 9.17) is 0 Å². The van der Waals surface area contributed by atoms with Crippen molar-refractivity contribution in [3.8, 4) is 5.69 Å². The van der Waals surface area contributed by atoms with E-state index in [0.29, 0.717) is 0 Å². The van der Waals surface area contributed by atoms with E-state index in [1.165, 1.54) is 31.2 Å². The third kappa shape index (κ3) is 2.28. The lowest BCUT2D eigenvalue weighted by atomic mass is 10.1. The first kappa shape index (κ1) is 10.3. The molecule has 2 aromatic rings. The molecular formula is C14H15N3. The maximum Gasteiger partial charge on any atom is 0.0862 e. The number of rotatable bonds is 2. The van der Waals surface area contributed by atoms with Gasteiger partial charge in [-0.1, -0.05) is 23.8 Å². The molecule has 1 saturated carbocycles. The van der Waals surface area contributed by atoms with E-state index in [-0.39, 0.29) is 0 Å². The van der Waals surface area contributed by atoms with Gasteiger partial charge in [0.1, 0.15) is 0 Å². The molecule has 3 heteroatoms. The Morgan fingerprint density at radius 2 is 1.82 bits per heavy atom. The number of nitrogens with zero attached hydrogens (tertiary/aromatic N) is 3. The van der Waals surface area contributed by atoms with Gasteiger partial charge in [-0.2, -0.15) is 15.0 Å². The van der Waals surface area contributed by atoms with Crippen LogP contribution in [0.15, 0.2) is 42.2 Å². The molecule has 0 atom stereocenters. The summed E-state index contributed by atoms with van der Waals surface area (Å²) in [5.74, 6) is 0. The number of benzene rings is 1. The second-order valence-corrected chi connectivity index (χ2v) is 4.42. The topological polar surface area (TPSA) is 30.7 Å². The first-order valence-electron chi connectivity index (χ1n) is 6.08. The van der Waals surface area contributed by atoms with Crippen molar-refractivity contribution in [2.24, 2.45) is 0 Å². The van der Waals surface area contributed by atoms with Gasteiger partial charge in [-0.05, 0) is 43.4 Å². The second kappa shape index (κ2) is 4.53. The normalized spacial score (nSPS) is 15.2. The molecule has 0 bridgehead atoms. The first-order valence-corrected chi connectivity index (χ1v) is 6.08. The minimum Gasteiger partial charge on any atom is -0.157 e. The average molecular weight is 225 g/mol. The molecule has 0 unspecified atom stereocenters. The monoisotopic (exact) mass is 225 g/mol. The van der Waals surface area contributed by atoms with Crippen LogP contribution in [0.25, 0.3) is 11.8 Å². The molecule has 86 valence electrons. The van der Waals surface area contributed by atoms with Gasteiger partial charge in [0.05, 0.1) is 18.1 Å². The summed E-state index contributed by atoms with van der Waals surface area (Å²) in [5, 5.41) is 8.29. The second-order valence-electron chi connectivity index (χ2n) is 4.42. The van der Waals surface area contributed by atoms with Crippen LogP contribution in [0.3, 0.4) is 0 Å². The van der Waals surface area contributed by atoms with Crippen LogP contribution in [0.4, 0.5) is 0 Å². The van der Waals surface area contributed by atoms with Gasteiger partial charge in [0.25, 0.3) is 0 Å². The van der Waals surface area contributed by atoms with Crippen LogP contribution < -0.4 is 0 Å². The standard InChI is InChI=1S/C14H15N3/c1-2-5-12(4-1)10-13-6-3-7-14(11-13)17-15-8-9-16-17/h3,6-11H,1-2,4-5H2. The largest absolute Gasteiger partial charge is 0.157 e. The van der Waals surface area contributed by atoms with E-state index >= 15 is 0 Å². The first-order chi connectivity index (χ1) is 8.42. The van der Waals surface area contributed by atoms with Crippen LogP contribution in [-0.4, -0.2) is 15.0 Å². The minimum atomic E-state index is 1.02. The van der Waals surface area contributed by atoms with Crippen molar-refractivity contribution in [2.45, 2.75) is 25.7 Å². The molecule has 0 N–H and O–H groups in total. The lowest BCUT2D eigenvalue weighted by molar-refractivity contribution is 0.752. The zero-order valence-corrected chi connectivity index (χ0v) is 9.71. The number of hydrogen-bond donors (Lipinski definition) is 0. The molecule has 1 aromatic heterocycles. The Labute approximate surface area is 101 Å². The van der Waals surface area contributed by atoms with Crippen LogP contribution in [0, 0.1) is 0 Å². The van der Waals surface area contributed by atoms with Crippen molar-refractivity contribution in [3.05, 3.63) is 47.8 Å². The van der Waals surface area contributed by atoms with Gasteiger partial charge < -0.3 is 0 Å². The molecule has 1 aliphatic carbocycles. The minimum absolute atomic E-state index is 1.02. The Morgan fingerprint density at radius 1 is 1.06 bits per heavy atom. The quantitative estimate of drug-likeness (QED) is 0.785. The Bertz CT molecular complexity index is 518. The molecule has 0 aliphatic heterocycles. The highest BCUT2D eigenvalue weighted by molar-refractivity contribution is 5.56. The van der Waals surface area contributed by atoms with E-state index in [1.807, 2.05) is 6.07 Å². The summed E-state index contributed by atoms with van der Waals surface area (Å²) in [6.45, 7) is 0. The van der Waals surface area contributed by atoms with E-state index < -0.39 is 0 Å². The van der Waals surface area contributed by atoms with E-state index in [2.05, 4.69) is 34.5 Å². The molecule has 1 heterocycles. The fourth-order valence-electron chi connectivity index (χ4n) is 2.30. The van der Waals surface area contributed by atoms with Crippen molar-refractivity contribution in [2.75, 3.05) is 0 Å². The highest BCUT2D eigenvalue weighted by atomic mass is 15.5. The lowest BCUT2D eigenvalue weighted by Gasteiger charge is -2.02. The Kier molecular flexibility index (Phi) is 2.74. The SMILES string of the molecule is C(=C1CCCC1)c1cccc(-n2nccn2)c1. The van der Waals surface area contributed by atoms with Gasteiger partial charge in [-0.15, -0.1) is 0 Å². The molecule has 0 spiro atoms. The van der Waals surface area contributed by atoms with Gasteiger partial charge in [-0.25, -0.2) is 0 Å². The van der Waals surface area contributed by atoms with Crippen LogP contribution in [0.1, 0.15) is 31.2 Å². The van der Waals surface area contributed by atoms with Crippen LogP contribution in [-0.2, 0) is 0 Å². The summed E-state index contributed by atoms with van der Waals surface area (Å²) in [4.78, 5) is 1.65.